The van der Waals surface area contributed by atoms with Crippen LogP contribution in [0.2, 0.25) is 0 Å². The summed E-state index contributed by atoms with van der Waals surface area (Å²) in [6.45, 7) is 1.78. The molecule has 1 aromatic heterocycles. The van der Waals surface area contributed by atoms with Gasteiger partial charge in [-0.2, -0.15) is 0 Å². The van der Waals surface area contributed by atoms with Crippen LogP contribution in [0, 0.1) is 11.6 Å². The van der Waals surface area contributed by atoms with Gasteiger partial charge in [-0.05, 0) is 19.8 Å². The molecule has 4 rings (SSSR count). The molecule has 0 spiro atoms. The predicted octanol–water partition coefficient (Wildman–Crippen LogP) is 3.61. The quantitative estimate of drug-likeness (QED) is 0.667. The Labute approximate surface area is 148 Å². The van der Waals surface area contributed by atoms with Crippen LogP contribution >= 0.6 is 0 Å². The lowest BCUT2D eigenvalue weighted by molar-refractivity contribution is -0.0235. The Bertz CT molecular complexity index is 976. The van der Waals surface area contributed by atoms with Crippen molar-refractivity contribution in [2.24, 2.45) is 0 Å². The van der Waals surface area contributed by atoms with Gasteiger partial charge in [-0.1, -0.05) is 24.3 Å². The molecule has 5 nitrogen and oxygen atoms in total. The average Bonchev–Trinajstić information content (AvgIpc) is 2.54. The van der Waals surface area contributed by atoms with Crippen molar-refractivity contribution >= 4 is 16.6 Å². The molecule has 134 valence electrons. The van der Waals surface area contributed by atoms with Crippen molar-refractivity contribution in [3.05, 3.63) is 48.0 Å². The fourth-order valence-corrected chi connectivity index (χ4v) is 3.49. The van der Waals surface area contributed by atoms with Gasteiger partial charge in [-0.25, -0.2) is 8.78 Å². The van der Waals surface area contributed by atoms with Crippen LogP contribution in [0.5, 0.6) is 5.75 Å². The van der Waals surface area contributed by atoms with E-state index in [2.05, 4.69) is 15.5 Å². The second kappa shape index (κ2) is 5.88. The average molecular weight is 357 g/mol. The summed E-state index contributed by atoms with van der Waals surface area (Å²) >= 11 is 0. The number of phenols is 1. The fourth-order valence-electron chi connectivity index (χ4n) is 3.49. The molecule has 3 aromatic rings. The summed E-state index contributed by atoms with van der Waals surface area (Å²) in [5.41, 5.74) is -0.723. The van der Waals surface area contributed by atoms with Gasteiger partial charge in [0.1, 0.15) is 23.1 Å². The Morgan fingerprint density at radius 1 is 1.12 bits per heavy atom. The molecule has 0 aliphatic heterocycles. The molecule has 0 unspecified atom stereocenters. The number of anilines is 1. The first-order valence-corrected chi connectivity index (χ1v) is 8.27. The highest BCUT2D eigenvalue weighted by atomic mass is 19.1. The highest BCUT2D eigenvalue weighted by Crippen LogP contribution is 2.38. The lowest BCUT2D eigenvalue weighted by Crippen LogP contribution is -2.48. The third-order valence-electron chi connectivity index (χ3n) is 4.67. The van der Waals surface area contributed by atoms with Crippen molar-refractivity contribution in [1.82, 2.24) is 10.2 Å². The zero-order valence-corrected chi connectivity index (χ0v) is 14.0. The van der Waals surface area contributed by atoms with Crippen LogP contribution in [0.4, 0.5) is 14.6 Å². The first-order chi connectivity index (χ1) is 12.3. The Kier molecular flexibility index (Phi) is 3.77. The Morgan fingerprint density at radius 2 is 1.81 bits per heavy atom. The van der Waals surface area contributed by atoms with Crippen LogP contribution < -0.4 is 5.32 Å². The van der Waals surface area contributed by atoms with Gasteiger partial charge >= 0.3 is 0 Å². The van der Waals surface area contributed by atoms with Crippen LogP contribution in [0.1, 0.15) is 19.8 Å². The van der Waals surface area contributed by atoms with E-state index in [1.54, 1.807) is 19.1 Å². The molecule has 0 atom stereocenters. The minimum Gasteiger partial charge on any atom is -0.507 e. The van der Waals surface area contributed by atoms with Gasteiger partial charge in [0.15, 0.2) is 5.82 Å². The van der Waals surface area contributed by atoms with Gasteiger partial charge < -0.3 is 15.5 Å². The van der Waals surface area contributed by atoms with Gasteiger partial charge in [0.2, 0.25) is 0 Å². The summed E-state index contributed by atoms with van der Waals surface area (Å²) < 4.78 is 27.6. The zero-order chi connectivity index (χ0) is 18.5. The molecule has 7 heteroatoms. The maximum Gasteiger partial charge on any atom is 0.156 e. The van der Waals surface area contributed by atoms with Crippen molar-refractivity contribution in [1.29, 1.82) is 0 Å². The van der Waals surface area contributed by atoms with Crippen LogP contribution in [0.15, 0.2) is 36.4 Å². The van der Waals surface area contributed by atoms with E-state index in [1.165, 1.54) is 0 Å². The number of aliphatic hydroxyl groups is 1. The number of rotatable bonds is 3. The van der Waals surface area contributed by atoms with Crippen molar-refractivity contribution in [2.75, 3.05) is 5.32 Å². The van der Waals surface area contributed by atoms with Gasteiger partial charge in [-0.3, -0.25) is 0 Å². The third kappa shape index (κ3) is 2.84. The van der Waals surface area contributed by atoms with E-state index in [4.69, 9.17) is 0 Å². The van der Waals surface area contributed by atoms with Crippen molar-refractivity contribution in [2.45, 2.75) is 31.4 Å². The molecular weight excluding hydrogens is 340 g/mol. The lowest BCUT2D eigenvalue weighted by atomic mass is 9.77. The number of nitrogens with one attached hydrogen (secondary N) is 1. The largest absolute Gasteiger partial charge is 0.507 e. The highest BCUT2D eigenvalue weighted by molar-refractivity contribution is 6.01. The van der Waals surface area contributed by atoms with E-state index in [0.29, 0.717) is 35.5 Å². The number of fused-ring (bicyclic) bond motifs is 1. The van der Waals surface area contributed by atoms with E-state index in [9.17, 15) is 19.0 Å². The minimum absolute atomic E-state index is 0.0736. The molecule has 0 radical (unpaired) electrons. The Morgan fingerprint density at radius 3 is 2.46 bits per heavy atom. The van der Waals surface area contributed by atoms with Gasteiger partial charge in [0, 0.05) is 28.9 Å². The summed E-state index contributed by atoms with van der Waals surface area (Å²) in [5, 5.41) is 32.6. The van der Waals surface area contributed by atoms with Crippen LogP contribution in [0.25, 0.3) is 22.0 Å². The summed E-state index contributed by atoms with van der Waals surface area (Å²) in [5.74, 6) is -1.78. The number of phenolic OH excluding ortho intramolecular Hbond substituents is 1. The topological polar surface area (TPSA) is 78.3 Å². The number of nitrogens with zero attached hydrogens (tertiary/aromatic N) is 2. The molecular formula is C19H17F2N3O2. The number of benzene rings is 2. The molecule has 1 aliphatic rings. The zero-order valence-electron chi connectivity index (χ0n) is 14.0. The molecule has 3 N–H and O–H groups in total. The number of aromatic hydroxyl groups is 1. The number of hydrogen-bond acceptors (Lipinski definition) is 5. The molecule has 0 amide bonds. The molecule has 1 heterocycles. The number of aromatic nitrogens is 2. The first-order valence-electron chi connectivity index (χ1n) is 8.27. The lowest BCUT2D eigenvalue weighted by Gasteiger charge is -2.41. The van der Waals surface area contributed by atoms with E-state index in [0.717, 1.165) is 6.07 Å². The monoisotopic (exact) mass is 357 g/mol. The Balaban J connectivity index is 1.81. The summed E-state index contributed by atoms with van der Waals surface area (Å²) in [7, 11) is 0. The van der Waals surface area contributed by atoms with E-state index < -0.39 is 23.0 Å². The number of halogens is 2. The van der Waals surface area contributed by atoms with Gasteiger partial charge in [0.05, 0.1) is 11.2 Å². The number of hydrogen-bond donors (Lipinski definition) is 3. The molecule has 1 fully saturated rings. The summed E-state index contributed by atoms with van der Waals surface area (Å²) in [6, 6.07) is 8.76. The highest BCUT2D eigenvalue weighted by Gasteiger charge is 2.38. The van der Waals surface area contributed by atoms with Gasteiger partial charge in [0.25, 0.3) is 0 Å². The Hall–Kier alpha value is -2.80. The predicted molar refractivity (Wildman–Crippen MR) is 93.8 cm³/mol. The smallest absolute Gasteiger partial charge is 0.156 e. The molecule has 0 saturated heterocycles. The van der Waals surface area contributed by atoms with Crippen molar-refractivity contribution < 1.29 is 19.0 Å². The fraction of sp³-hybridized carbons (Fsp3) is 0.263. The van der Waals surface area contributed by atoms with Crippen molar-refractivity contribution in [3.63, 3.8) is 0 Å². The van der Waals surface area contributed by atoms with Crippen LogP contribution in [-0.2, 0) is 0 Å². The normalized spacial score (nSPS) is 22.2. The summed E-state index contributed by atoms with van der Waals surface area (Å²) in [6.07, 6.45) is 1.19. The standard InChI is InChI=1S/C19H17F2N3O2/c1-19(26)8-11(9-19)22-18-13-5-3-2-4-12(13)17(23-24-18)16-14(21)6-10(20)7-15(16)25/h2-7,11,25-26H,8-9H2,1H3,(H,22,24). The maximum atomic E-state index is 14.3. The third-order valence-corrected chi connectivity index (χ3v) is 4.67. The first kappa shape index (κ1) is 16.7. The molecule has 26 heavy (non-hydrogen) atoms. The summed E-state index contributed by atoms with van der Waals surface area (Å²) in [4.78, 5) is 0. The molecule has 1 saturated carbocycles. The van der Waals surface area contributed by atoms with Crippen LogP contribution in [0.3, 0.4) is 0 Å². The minimum atomic E-state index is -0.905. The van der Waals surface area contributed by atoms with E-state index in [1.807, 2.05) is 12.1 Å². The van der Waals surface area contributed by atoms with Crippen LogP contribution in [-0.4, -0.2) is 32.1 Å². The molecule has 2 aromatic carbocycles. The van der Waals surface area contributed by atoms with E-state index >= 15 is 0 Å². The van der Waals surface area contributed by atoms with E-state index in [-0.39, 0.29) is 17.3 Å². The SMILES string of the molecule is CC1(O)CC(Nc2nnc(-c3c(O)cc(F)cc3F)c3ccccc23)C1. The van der Waals surface area contributed by atoms with Crippen molar-refractivity contribution in [3.8, 4) is 17.0 Å². The molecule has 1 aliphatic carbocycles. The van der Waals surface area contributed by atoms with Gasteiger partial charge in [-0.15, -0.1) is 10.2 Å². The molecule has 0 bridgehead atoms. The second-order valence-electron chi connectivity index (χ2n) is 6.97. The maximum absolute atomic E-state index is 14.3. The second-order valence-corrected chi connectivity index (χ2v) is 6.97.